The van der Waals surface area contributed by atoms with Crippen LogP contribution in [0.1, 0.15) is 131 Å². The lowest BCUT2D eigenvalue weighted by molar-refractivity contribution is -0.299. The molecule has 2 atom stereocenters. The van der Waals surface area contributed by atoms with Crippen LogP contribution >= 0.6 is 0 Å². The van der Waals surface area contributed by atoms with Crippen molar-refractivity contribution >= 4 is 11.9 Å². The molecule has 0 aromatic rings. The summed E-state index contributed by atoms with van der Waals surface area (Å²) in [6, 6.07) is 0. The average Bonchev–Trinajstić information content (AvgIpc) is 2.71. The van der Waals surface area contributed by atoms with Crippen molar-refractivity contribution in [1.29, 1.82) is 0 Å². The van der Waals surface area contributed by atoms with Gasteiger partial charge in [0, 0.05) is 23.9 Å². The maximum Gasteiger partial charge on any atom is 0.303 e. The number of carbonyl (C=O) groups is 2. The molecule has 0 aromatic heterocycles. The Bertz CT molecular complexity index is 575. The van der Waals surface area contributed by atoms with Crippen molar-refractivity contribution in [2.24, 2.45) is 11.8 Å². The average molecular weight is 470 g/mol. The first-order valence-corrected chi connectivity index (χ1v) is 13.4. The van der Waals surface area contributed by atoms with Crippen molar-refractivity contribution < 1.29 is 24.6 Å². The summed E-state index contributed by atoms with van der Waals surface area (Å²) in [5.74, 6) is -0.826. The first-order chi connectivity index (χ1) is 15.5. The second-order valence-electron chi connectivity index (χ2n) is 11.2. The molecule has 6 heteroatoms. The van der Waals surface area contributed by atoms with Crippen molar-refractivity contribution in [1.82, 2.24) is 5.06 Å². The van der Waals surface area contributed by atoms with E-state index in [1.54, 1.807) is 0 Å². The topological polar surface area (TPSA) is 87.1 Å². The third-order valence-electron chi connectivity index (χ3n) is 7.53. The molecule has 1 fully saturated rings. The highest BCUT2D eigenvalue weighted by Crippen LogP contribution is 2.47. The van der Waals surface area contributed by atoms with Gasteiger partial charge in [-0.3, -0.25) is 14.4 Å². The molecule has 1 heterocycles. The fourth-order valence-corrected chi connectivity index (χ4v) is 5.80. The Morgan fingerprint density at radius 3 is 2.12 bits per heavy atom. The molecule has 0 saturated carbocycles. The molecule has 0 aliphatic carbocycles. The van der Waals surface area contributed by atoms with Gasteiger partial charge in [-0.1, -0.05) is 58.3 Å². The zero-order valence-corrected chi connectivity index (χ0v) is 22.0. The van der Waals surface area contributed by atoms with E-state index in [-0.39, 0.29) is 23.9 Å². The Hall–Kier alpha value is -1.14. The summed E-state index contributed by atoms with van der Waals surface area (Å²) in [5, 5.41) is 20.4. The minimum absolute atomic E-state index is 0.0545. The molecule has 33 heavy (non-hydrogen) atoms. The van der Waals surface area contributed by atoms with Crippen LogP contribution in [-0.2, 0) is 14.4 Å². The van der Waals surface area contributed by atoms with Gasteiger partial charge in [0.2, 0.25) is 0 Å². The Morgan fingerprint density at radius 2 is 1.48 bits per heavy atom. The fraction of sp³-hybridized carbons (Fsp3) is 0.926. The van der Waals surface area contributed by atoms with Crippen LogP contribution in [0, 0.1) is 11.8 Å². The largest absolute Gasteiger partial charge is 0.481 e. The minimum atomic E-state index is -0.744. The van der Waals surface area contributed by atoms with Gasteiger partial charge in [0.25, 0.3) is 0 Å². The maximum absolute atomic E-state index is 11.3. The third-order valence-corrected chi connectivity index (χ3v) is 7.53. The molecule has 0 spiro atoms. The molecule has 2 N–H and O–H groups in total. The van der Waals surface area contributed by atoms with Crippen LogP contribution in [0.25, 0.3) is 0 Å². The van der Waals surface area contributed by atoms with Gasteiger partial charge in [-0.2, -0.15) is 5.06 Å². The highest BCUT2D eigenvalue weighted by molar-refractivity contribution is 5.66. The van der Waals surface area contributed by atoms with Crippen molar-refractivity contribution in [3.63, 3.8) is 0 Å². The number of carboxylic acid groups (broad SMARTS) is 2. The van der Waals surface area contributed by atoms with Crippen LogP contribution in [-0.4, -0.2) is 44.9 Å². The summed E-state index contributed by atoms with van der Waals surface area (Å²) in [6.07, 6.45) is 14.1. The Kier molecular flexibility index (Phi) is 13.6. The summed E-state index contributed by atoms with van der Waals surface area (Å²) in [7, 11) is 0. The standard InChI is InChI=1S/C27H51NO5/c1-6-7-8-9-10-14-21-33-28-26(2,3)20-19-23(27(28,4)5)22(17-18-25(31)32)15-12-11-13-16-24(29)30/h22-23H,6-21H2,1-5H3,(H,29,30)(H,31,32). The normalized spacial score (nSPS) is 21.1. The number of hydrogen-bond donors (Lipinski definition) is 2. The SMILES string of the molecule is CCCCCCCCON1C(C)(C)CCC(C(CCCCCC(=O)O)CCC(=O)O)C1(C)C. The predicted octanol–water partition coefficient (Wildman–Crippen LogP) is 7.06. The Morgan fingerprint density at radius 1 is 0.879 bits per heavy atom. The molecule has 194 valence electrons. The lowest BCUT2D eigenvalue weighted by Gasteiger charge is -2.57. The molecule has 6 nitrogen and oxygen atoms in total. The van der Waals surface area contributed by atoms with Gasteiger partial charge in [-0.15, -0.1) is 0 Å². The van der Waals surface area contributed by atoms with E-state index < -0.39 is 11.9 Å². The van der Waals surface area contributed by atoms with Gasteiger partial charge < -0.3 is 10.2 Å². The lowest BCUT2D eigenvalue weighted by atomic mass is 9.66. The third kappa shape index (κ3) is 10.8. The Balaban J connectivity index is 2.77. The van der Waals surface area contributed by atoms with E-state index in [0.717, 1.165) is 45.1 Å². The van der Waals surface area contributed by atoms with Crippen molar-refractivity contribution in [2.75, 3.05) is 6.61 Å². The van der Waals surface area contributed by atoms with Crippen molar-refractivity contribution in [3.05, 3.63) is 0 Å². The number of piperidine rings is 1. The molecular weight excluding hydrogens is 418 g/mol. The quantitative estimate of drug-likeness (QED) is 0.209. The molecule has 0 radical (unpaired) electrons. The zero-order chi connectivity index (χ0) is 24.9. The predicted molar refractivity (Wildman–Crippen MR) is 133 cm³/mol. The van der Waals surface area contributed by atoms with Gasteiger partial charge in [0.05, 0.1) is 6.61 Å². The van der Waals surface area contributed by atoms with Gasteiger partial charge in [0.15, 0.2) is 0 Å². The highest BCUT2D eigenvalue weighted by Gasteiger charge is 2.50. The van der Waals surface area contributed by atoms with Crippen LogP contribution in [0.3, 0.4) is 0 Å². The number of rotatable bonds is 18. The zero-order valence-electron chi connectivity index (χ0n) is 22.0. The summed E-state index contributed by atoms with van der Waals surface area (Å²) in [5.41, 5.74) is -0.241. The number of hydroxylamine groups is 2. The monoisotopic (exact) mass is 469 g/mol. The van der Waals surface area contributed by atoms with Crippen LogP contribution in [0.5, 0.6) is 0 Å². The summed E-state index contributed by atoms with van der Waals surface area (Å²) in [6.45, 7) is 12.0. The molecule has 1 saturated heterocycles. The first kappa shape index (κ1) is 29.9. The number of unbranched alkanes of at least 4 members (excludes halogenated alkanes) is 7. The summed E-state index contributed by atoms with van der Waals surface area (Å²) >= 11 is 0. The van der Waals surface area contributed by atoms with Gasteiger partial charge >= 0.3 is 11.9 Å². The number of nitrogens with zero attached hydrogens (tertiary/aromatic N) is 1. The maximum atomic E-state index is 11.3. The van der Waals surface area contributed by atoms with E-state index >= 15 is 0 Å². The molecule has 1 rings (SSSR count). The summed E-state index contributed by atoms with van der Waals surface area (Å²) < 4.78 is 0. The first-order valence-electron chi connectivity index (χ1n) is 13.4. The number of carboxylic acids is 2. The van der Waals surface area contributed by atoms with Crippen molar-refractivity contribution in [3.8, 4) is 0 Å². The van der Waals surface area contributed by atoms with Gasteiger partial charge in [-0.05, 0) is 71.6 Å². The number of aliphatic carboxylic acids is 2. The van der Waals surface area contributed by atoms with E-state index in [1.807, 2.05) is 0 Å². The van der Waals surface area contributed by atoms with Crippen LogP contribution < -0.4 is 0 Å². The van der Waals surface area contributed by atoms with E-state index in [1.165, 1.54) is 32.1 Å². The van der Waals surface area contributed by atoms with E-state index in [4.69, 9.17) is 9.94 Å². The smallest absolute Gasteiger partial charge is 0.303 e. The second kappa shape index (κ2) is 15.0. The van der Waals surface area contributed by atoms with E-state index in [2.05, 4.69) is 39.7 Å². The molecule has 0 amide bonds. The second-order valence-corrected chi connectivity index (χ2v) is 11.2. The lowest BCUT2D eigenvalue weighted by Crippen LogP contribution is -2.63. The van der Waals surface area contributed by atoms with Gasteiger partial charge in [0.1, 0.15) is 0 Å². The van der Waals surface area contributed by atoms with Crippen LogP contribution in [0.15, 0.2) is 0 Å². The molecule has 0 bridgehead atoms. The minimum Gasteiger partial charge on any atom is -0.481 e. The fourth-order valence-electron chi connectivity index (χ4n) is 5.80. The van der Waals surface area contributed by atoms with E-state index in [9.17, 15) is 14.7 Å². The van der Waals surface area contributed by atoms with Gasteiger partial charge in [-0.25, -0.2) is 0 Å². The molecule has 2 unspecified atom stereocenters. The van der Waals surface area contributed by atoms with Crippen molar-refractivity contribution in [2.45, 2.75) is 142 Å². The number of hydrogen-bond acceptors (Lipinski definition) is 4. The van der Waals surface area contributed by atoms with Crippen LogP contribution in [0.4, 0.5) is 0 Å². The Labute approximate surface area is 202 Å². The summed E-state index contributed by atoms with van der Waals surface area (Å²) in [4.78, 5) is 28.6. The highest BCUT2D eigenvalue weighted by atomic mass is 16.7. The van der Waals surface area contributed by atoms with E-state index in [0.29, 0.717) is 24.7 Å². The molecule has 0 aromatic carbocycles. The molecular formula is C27H51NO5. The molecule has 1 aliphatic rings. The van der Waals surface area contributed by atoms with Crippen LogP contribution in [0.2, 0.25) is 0 Å². The molecule has 1 aliphatic heterocycles.